The summed E-state index contributed by atoms with van der Waals surface area (Å²) in [5, 5.41) is 9.72. The number of hydrogen-bond donors (Lipinski definition) is 1. The van der Waals surface area contributed by atoms with Crippen LogP contribution in [0.1, 0.15) is 24.6 Å². The van der Waals surface area contributed by atoms with Gasteiger partial charge < -0.3 is 5.73 Å². The van der Waals surface area contributed by atoms with E-state index in [1.165, 1.54) is 40.2 Å². The molecule has 0 radical (unpaired) electrons. The zero-order valence-corrected chi connectivity index (χ0v) is 24.8. The van der Waals surface area contributed by atoms with Crippen LogP contribution in [0.5, 0.6) is 0 Å². The molecular formula is C28H22Cl2N8O4S. The zero-order chi connectivity index (χ0) is 30.7. The Hall–Kier alpha value is -4.35. The molecule has 2 atom stereocenters. The molecule has 43 heavy (non-hydrogen) atoms. The van der Waals surface area contributed by atoms with Crippen LogP contribution in [0, 0.1) is 11.3 Å². The second-order valence-electron chi connectivity index (χ2n) is 10.4. The maximum atomic E-state index is 14.3. The van der Waals surface area contributed by atoms with E-state index in [4.69, 9.17) is 28.9 Å². The fraction of sp³-hybridized carbons (Fsp3) is 0.214. The molecule has 0 spiro atoms. The number of nitrogens with two attached hydrogens (primary N) is 1. The molecule has 218 valence electrons. The van der Waals surface area contributed by atoms with Gasteiger partial charge in [0.1, 0.15) is 24.0 Å². The van der Waals surface area contributed by atoms with Crippen LogP contribution in [0.3, 0.4) is 0 Å². The van der Waals surface area contributed by atoms with Crippen molar-refractivity contribution in [1.29, 1.82) is 5.26 Å². The Labute approximate surface area is 256 Å². The number of nitriles is 1. The second kappa shape index (κ2) is 10.4. The molecule has 6 rings (SSSR count). The molecule has 2 aromatic carbocycles. The van der Waals surface area contributed by atoms with E-state index in [-0.39, 0.29) is 39.7 Å². The molecule has 0 saturated carbocycles. The van der Waals surface area contributed by atoms with E-state index in [1.54, 1.807) is 37.4 Å². The van der Waals surface area contributed by atoms with Gasteiger partial charge in [-0.3, -0.25) is 14.2 Å². The number of halogens is 2. The summed E-state index contributed by atoms with van der Waals surface area (Å²) in [4.78, 5) is 39.9. The summed E-state index contributed by atoms with van der Waals surface area (Å²) < 4.78 is 30.1. The molecule has 2 aromatic heterocycles. The lowest BCUT2D eigenvalue weighted by molar-refractivity contribution is -0.125. The first-order valence-electron chi connectivity index (χ1n) is 12.9. The molecule has 4 heterocycles. The van der Waals surface area contributed by atoms with Gasteiger partial charge in [-0.2, -0.15) is 9.57 Å². The molecule has 2 amide bonds. The first-order chi connectivity index (χ1) is 20.5. The Morgan fingerprint density at radius 3 is 2.44 bits per heavy atom. The molecule has 1 saturated heterocycles. The molecule has 2 N–H and O–H groups in total. The smallest absolute Gasteiger partial charge is 0.261 e. The highest BCUT2D eigenvalue weighted by atomic mass is 35.5. The molecule has 4 aromatic rings. The van der Waals surface area contributed by atoms with E-state index < -0.39 is 33.4 Å². The van der Waals surface area contributed by atoms with Gasteiger partial charge in [-0.05, 0) is 42.7 Å². The molecule has 1 fully saturated rings. The van der Waals surface area contributed by atoms with Crippen molar-refractivity contribution in [1.82, 2.24) is 23.8 Å². The number of sulfonamides is 1. The number of carbonyl (C=O) groups excluding carboxylic acids is 2. The number of amides is 2. The van der Waals surface area contributed by atoms with Crippen molar-refractivity contribution in [2.24, 2.45) is 5.73 Å². The number of primary amides is 1. The van der Waals surface area contributed by atoms with Crippen molar-refractivity contribution < 1.29 is 18.0 Å². The zero-order valence-electron chi connectivity index (χ0n) is 22.5. The lowest BCUT2D eigenvalue weighted by Gasteiger charge is -2.37. The Kier molecular flexibility index (Phi) is 6.97. The van der Waals surface area contributed by atoms with Crippen molar-refractivity contribution in [2.45, 2.75) is 36.4 Å². The molecule has 0 bridgehead atoms. The van der Waals surface area contributed by atoms with Crippen molar-refractivity contribution in [2.75, 3.05) is 11.4 Å². The van der Waals surface area contributed by atoms with Crippen molar-refractivity contribution in [3.63, 3.8) is 0 Å². The number of fused-ring (bicyclic) bond motifs is 1. The Morgan fingerprint density at radius 1 is 1.14 bits per heavy atom. The Bertz CT molecular complexity index is 1940. The van der Waals surface area contributed by atoms with Gasteiger partial charge in [-0.25, -0.2) is 28.3 Å². The summed E-state index contributed by atoms with van der Waals surface area (Å²) in [6.07, 6.45) is 4.37. The van der Waals surface area contributed by atoms with Gasteiger partial charge in [0, 0.05) is 34.8 Å². The summed E-state index contributed by atoms with van der Waals surface area (Å²) in [6, 6.07) is 12.7. The number of benzene rings is 2. The number of hydrogen-bond acceptors (Lipinski definition) is 8. The van der Waals surface area contributed by atoms with E-state index in [0.29, 0.717) is 28.8 Å². The SMILES string of the molecule is CC1(Cc2ccc(-c3cncnc3C#N)cc2)C(=O)N(c2cc(Cl)cc(Cl)c2)c2ncc(S(=O)(=O)N3CCC3C(N)=O)n21. The average Bonchev–Trinajstić information content (AvgIpc) is 3.46. The quantitative estimate of drug-likeness (QED) is 0.322. The van der Waals surface area contributed by atoms with E-state index >= 15 is 0 Å². The number of rotatable bonds is 7. The van der Waals surface area contributed by atoms with Gasteiger partial charge in [0.2, 0.25) is 11.9 Å². The summed E-state index contributed by atoms with van der Waals surface area (Å²) >= 11 is 12.5. The standard InChI is InChI=1S/C28H22Cl2N8O4S/c1-28(11-16-2-4-17(5-3-16)21-13-33-15-35-22(21)12-31)26(40)37(20-9-18(29)8-19(30)10-20)27-34-14-24(38(27)28)43(41,42)36-7-6-23(36)25(32)39/h2-5,8-10,13-15,23H,6-7,11H2,1H3,(H2,32,39). The highest BCUT2D eigenvalue weighted by Gasteiger charge is 2.53. The monoisotopic (exact) mass is 636 g/mol. The van der Waals surface area contributed by atoms with Crippen LogP contribution < -0.4 is 10.6 Å². The van der Waals surface area contributed by atoms with Crippen LogP contribution in [-0.4, -0.2) is 56.6 Å². The van der Waals surface area contributed by atoms with Crippen LogP contribution in [0.15, 0.2) is 66.2 Å². The highest BCUT2D eigenvalue weighted by molar-refractivity contribution is 7.89. The molecule has 2 aliphatic rings. The lowest BCUT2D eigenvalue weighted by atomic mass is 9.91. The summed E-state index contributed by atoms with van der Waals surface area (Å²) in [5.41, 5.74) is 6.43. The minimum Gasteiger partial charge on any atom is -0.368 e. The van der Waals surface area contributed by atoms with Gasteiger partial charge in [-0.1, -0.05) is 47.5 Å². The van der Waals surface area contributed by atoms with Gasteiger partial charge in [-0.15, -0.1) is 0 Å². The summed E-state index contributed by atoms with van der Waals surface area (Å²) in [5.74, 6) is -1.17. The number of carbonyl (C=O) groups is 2. The van der Waals surface area contributed by atoms with E-state index in [2.05, 4.69) is 15.0 Å². The number of nitrogens with zero attached hydrogens (tertiary/aromatic N) is 7. The van der Waals surface area contributed by atoms with Crippen LogP contribution in [0.4, 0.5) is 11.6 Å². The highest BCUT2D eigenvalue weighted by Crippen LogP contribution is 2.45. The predicted molar refractivity (Wildman–Crippen MR) is 157 cm³/mol. The fourth-order valence-electron chi connectivity index (χ4n) is 5.50. The number of anilines is 2. The molecule has 15 heteroatoms. The normalized spacial score (nSPS) is 20.0. The summed E-state index contributed by atoms with van der Waals surface area (Å²) in [6.45, 7) is 1.73. The van der Waals surface area contributed by atoms with E-state index in [9.17, 15) is 23.3 Å². The average molecular weight is 638 g/mol. The number of imidazole rings is 1. The molecule has 12 nitrogen and oxygen atoms in total. The topological polar surface area (TPSA) is 168 Å². The van der Waals surface area contributed by atoms with Crippen LogP contribution in [-0.2, 0) is 31.6 Å². The van der Waals surface area contributed by atoms with Gasteiger partial charge >= 0.3 is 0 Å². The third kappa shape index (κ3) is 4.63. The van der Waals surface area contributed by atoms with E-state index in [1.807, 2.05) is 6.07 Å². The van der Waals surface area contributed by atoms with Crippen LogP contribution in [0.25, 0.3) is 11.1 Å². The minimum absolute atomic E-state index is 0.0530. The van der Waals surface area contributed by atoms with Crippen molar-refractivity contribution in [3.05, 3.63) is 82.5 Å². The maximum Gasteiger partial charge on any atom is 0.261 e. The van der Waals surface area contributed by atoms with Gasteiger partial charge in [0.15, 0.2) is 10.7 Å². The van der Waals surface area contributed by atoms with Crippen molar-refractivity contribution >= 4 is 56.7 Å². The van der Waals surface area contributed by atoms with Crippen LogP contribution >= 0.6 is 23.2 Å². The first kappa shape index (κ1) is 28.8. The van der Waals surface area contributed by atoms with Crippen molar-refractivity contribution in [3.8, 4) is 17.2 Å². The predicted octanol–water partition coefficient (Wildman–Crippen LogP) is 3.40. The maximum absolute atomic E-state index is 14.3. The Balaban J connectivity index is 1.46. The molecule has 0 aliphatic carbocycles. The molecular weight excluding hydrogens is 615 g/mol. The van der Waals surface area contributed by atoms with Gasteiger partial charge in [0.05, 0.1) is 11.9 Å². The largest absolute Gasteiger partial charge is 0.368 e. The van der Waals surface area contributed by atoms with Crippen LogP contribution in [0.2, 0.25) is 10.0 Å². The molecule has 2 unspecified atom stereocenters. The molecule has 2 aliphatic heterocycles. The third-order valence-corrected chi connectivity index (χ3v) is 9.98. The minimum atomic E-state index is -4.28. The van der Waals surface area contributed by atoms with Gasteiger partial charge in [0.25, 0.3) is 15.9 Å². The second-order valence-corrected chi connectivity index (χ2v) is 13.1. The third-order valence-electron chi connectivity index (χ3n) is 7.68. The Morgan fingerprint density at radius 2 is 1.84 bits per heavy atom. The summed E-state index contributed by atoms with van der Waals surface area (Å²) in [7, 11) is -4.28. The fourth-order valence-corrected chi connectivity index (χ4v) is 7.84. The van der Waals surface area contributed by atoms with E-state index in [0.717, 1.165) is 4.31 Å². The lowest BCUT2D eigenvalue weighted by Crippen LogP contribution is -2.57. The first-order valence-corrected chi connectivity index (χ1v) is 15.1. The number of aromatic nitrogens is 4.